The smallest absolute Gasteiger partial charge is 0.260 e. The molecule has 4 nitrogen and oxygen atoms in total. The van der Waals surface area contributed by atoms with Crippen LogP contribution in [0.1, 0.15) is 19.4 Å². The van der Waals surface area contributed by atoms with Crippen molar-refractivity contribution in [1.29, 1.82) is 5.26 Å². The minimum Gasteiger partial charge on any atom is -0.484 e. The number of nitrogens with zero attached hydrogens (tertiary/aromatic N) is 2. The predicted molar refractivity (Wildman–Crippen MR) is 69.2 cm³/mol. The van der Waals surface area contributed by atoms with Gasteiger partial charge in [-0.3, -0.25) is 4.79 Å². The standard InChI is InChI=1S/C14H18N2O2/c1-11(2)16(3)14(17)10-18-13-6-4-12(5-7-13)8-9-15/h4-7,11H,8,10H2,1-3H3. The van der Waals surface area contributed by atoms with Crippen molar-refractivity contribution in [3.8, 4) is 11.8 Å². The maximum Gasteiger partial charge on any atom is 0.260 e. The first-order chi connectivity index (χ1) is 8.54. The molecule has 0 saturated carbocycles. The molecular weight excluding hydrogens is 228 g/mol. The molecule has 0 spiro atoms. The Morgan fingerprint density at radius 1 is 1.39 bits per heavy atom. The lowest BCUT2D eigenvalue weighted by Crippen LogP contribution is -2.36. The average molecular weight is 246 g/mol. The Kier molecular flexibility index (Phi) is 5.19. The zero-order valence-electron chi connectivity index (χ0n) is 11.0. The number of hydrogen-bond donors (Lipinski definition) is 0. The van der Waals surface area contributed by atoms with Crippen LogP contribution in [0.15, 0.2) is 24.3 Å². The molecule has 0 radical (unpaired) electrons. The summed E-state index contributed by atoms with van der Waals surface area (Å²) < 4.78 is 5.40. The molecule has 0 aromatic heterocycles. The van der Waals surface area contributed by atoms with Gasteiger partial charge in [-0.25, -0.2) is 0 Å². The lowest BCUT2D eigenvalue weighted by molar-refractivity contribution is -0.133. The van der Waals surface area contributed by atoms with Crippen LogP contribution in [0.5, 0.6) is 5.75 Å². The van der Waals surface area contributed by atoms with Crippen molar-refractivity contribution < 1.29 is 9.53 Å². The van der Waals surface area contributed by atoms with Gasteiger partial charge in [-0.15, -0.1) is 0 Å². The molecule has 0 atom stereocenters. The van der Waals surface area contributed by atoms with Crippen LogP contribution in [-0.4, -0.2) is 30.5 Å². The lowest BCUT2D eigenvalue weighted by Gasteiger charge is -2.21. The molecule has 1 aromatic carbocycles. The van der Waals surface area contributed by atoms with E-state index in [-0.39, 0.29) is 18.6 Å². The van der Waals surface area contributed by atoms with Crippen LogP contribution in [0.2, 0.25) is 0 Å². The summed E-state index contributed by atoms with van der Waals surface area (Å²) in [5, 5.41) is 8.55. The Bertz CT molecular complexity index is 432. The van der Waals surface area contributed by atoms with Crippen LogP contribution >= 0.6 is 0 Å². The molecule has 0 saturated heterocycles. The molecule has 1 amide bonds. The summed E-state index contributed by atoms with van der Waals surface area (Å²) in [4.78, 5) is 13.3. The molecule has 96 valence electrons. The summed E-state index contributed by atoms with van der Waals surface area (Å²) in [6.45, 7) is 3.94. The molecule has 1 aromatic rings. The molecule has 1 rings (SSSR count). The first kappa shape index (κ1) is 14.0. The van der Waals surface area contributed by atoms with E-state index in [0.717, 1.165) is 5.56 Å². The zero-order chi connectivity index (χ0) is 13.5. The van der Waals surface area contributed by atoms with Gasteiger partial charge in [0.15, 0.2) is 6.61 Å². The van der Waals surface area contributed by atoms with Crippen LogP contribution in [0.4, 0.5) is 0 Å². The van der Waals surface area contributed by atoms with Gasteiger partial charge in [-0.1, -0.05) is 12.1 Å². The van der Waals surface area contributed by atoms with E-state index in [1.54, 1.807) is 24.1 Å². The van der Waals surface area contributed by atoms with E-state index in [4.69, 9.17) is 10.00 Å². The molecule has 0 N–H and O–H groups in total. The normalized spacial score (nSPS) is 9.94. The number of amides is 1. The van der Waals surface area contributed by atoms with Gasteiger partial charge in [0, 0.05) is 13.1 Å². The average Bonchev–Trinajstić information content (AvgIpc) is 2.37. The quantitative estimate of drug-likeness (QED) is 0.798. The first-order valence-corrected chi connectivity index (χ1v) is 5.89. The van der Waals surface area contributed by atoms with Gasteiger partial charge in [-0.2, -0.15) is 5.26 Å². The number of likely N-dealkylation sites (N-methyl/N-ethyl adjacent to an activating group) is 1. The van der Waals surface area contributed by atoms with Crippen LogP contribution in [0.3, 0.4) is 0 Å². The number of nitriles is 1. The highest BCUT2D eigenvalue weighted by Crippen LogP contribution is 2.12. The third-order valence-electron chi connectivity index (χ3n) is 2.74. The molecule has 18 heavy (non-hydrogen) atoms. The number of carbonyl (C=O) groups excluding carboxylic acids is 1. The molecule has 0 aliphatic heterocycles. The van der Waals surface area contributed by atoms with Crippen LogP contribution < -0.4 is 4.74 Å². The number of rotatable bonds is 5. The Hall–Kier alpha value is -2.02. The molecule has 0 aliphatic rings. The molecule has 0 unspecified atom stereocenters. The summed E-state index contributed by atoms with van der Waals surface area (Å²) in [5.74, 6) is 0.591. The summed E-state index contributed by atoms with van der Waals surface area (Å²) >= 11 is 0. The van der Waals surface area contributed by atoms with Crippen molar-refractivity contribution in [2.24, 2.45) is 0 Å². The Morgan fingerprint density at radius 2 is 2.00 bits per heavy atom. The van der Waals surface area contributed by atoms with E-state index in [1.807, 2.05) is 26.0 Å². The SMILES string of the molecule is CC(C)N(C)C(=O)COc1ccc(CC#N)cc1. The van der Waals surface area contributed by atoms with E-state index >= 15 is 0 Å². The fourth-order valence-corrected chi connectivity index (χ4v) is 1.33. The lowest BCUT2D eigenvalue weighted by atomic mass is 10.2. The van der Waals surface area contributed by atoms with E-state index < -0.39 is 0 Å². The van der Waals surface area contributed by atoms with E-state index in [0.29, 0.717) is 12.2 Å². The van der Waals surface area contributed by atoms with Gasteiger partial charge in [0.1, 0.15) is 5.75 Å². The van der Waals surface area contributed by atoms with Gasteiger partial charge >= 0.3 is 0 Å². The number of hydrogen-bond acceptors (Lipinski definition) is 3. The van der Waals surface area contributed by atoms with Crippen molar-refractivity contribution in [3.05, 3.63) is 29.8 Å². The molecule has 0 fully saturated rings. The Labute approximate surface area is 108 Å². The maximum absolute atomic E-state index is 11.7. The summed E-state index contributed by atoms with van der Waals surface area (Å²) in [6, 6.07) is 9.45. The summed E-state index contributed by atoms with van der Waals surface area (Å²) in [7, 11) is 1.76. The fraction of sp³-hybridized carbons (Fsp3) is 0.429. The Morgan fingerprint density at radius 3 is 2.50 bits per heavy atom. The second-order valence-corrected chi connectivity index (χ2v) is 4.37. The second kappa shape index (κ2) is 6.65. The molecular formula is C14H18N2O2. The van der Waals surface area contributed by atoms with Crippen LogP contribution in [-0.2, 0) is 11.2 Å². The number of benzene rings is 1. The van der Waals surface area contributed by atoms with Crippen molar-refractivity contribution >= 4 is 5.91 Å². The van der Waals surface area contributed by atoms with Gasteiger partial charge in [0.25, 0.3) is 5.91 Å². The zero-order valence-corrected chi connectivity index (χ0v) is 11.0. The summed E-state index contributed by atoms with van der Waals surface area (Å²) in [5.41, 5.74) is 0.940. The second-order valence-electron chi connectivity index (χ2n) is 4.37. The van der Waals surface area contributed by atoms with Crippen molar-refractivity contribution in [2.75, 3.05) is 13.7 Å². The maximum atomic E-state index is 11.7. The highest BCUT2D eigenvalue weighted by molar-refractivity contribution is 5.77. The number of ether oxygens (including phenoxy) is 1. The Balaban J connectivity index is 2.49. The highest BCUT2D eigenvalue weighted by atomic mass is 16.5. The molecule has 0 heterocycles. The van der Waals surface area contributed by atoms with Gasteiger partial charge in [0.05, 0.1) is 12.5 Å². The largest absolute Gasteiger partial charge is 0.484 e. The van der Waals surface area contributed by atoms with Gasteiger partial charge in [-0.05, 0) is 31.5 Å². The van der Waals surface area contributed by atoms with Crippen LogP contribution in [0.25, 0.3) is 0 Å². The van der Waals surface area contributed by atoms with E-state index in [1.165, 1.54) is 0 Å². The fourth-order valence-electron chi connectivity index (χ4n) is 1.33. The minimum absolute atomic E-state index is 0.0340. The third kappa shape index (κ3) is 4.10. The van der Waals surface area contributed by atoms with Crippen molar-refractivity contribution in [1.82, 2.24) is 4.90 Å². The van der Waals surface area contributed by atoms with Gasteiger partial charge < -0.3 is 9.64 Å². The monoisotopic (exact) mass is 246 g/mol. The van der Waals surface area contributed by atoms with E-state index in [9.17, 15) is 4.79 Å². The van der Waals surface area contributed by atoms with Gasteiger partial charge in [0.2, 0.25) is 0 Å². The topological polar surface area (TPSA) is 53.3 Å². The molecule has 0 aliphatic carbocycles. The van der Waals surface area contributed by atoms with Crippen molar-refractivity contribution in [3.63, 3.8) is 0 Å². The van der Waals surface area contributed by atoms with Crippen LogP contribution in [0, 0.1) is 11.3 Å². The van der Waals surface area contributed by atoms with E-state index in [2.05, 4.69) is 6.07 Å². The van der Waals surface area contributed by atoms with Crippen molar-refractivity contribution in [2.45, 2.75) is 26.3 Å². The third-order valence-corrected chi connectivity index (χ3v) is 2.74. The number of carbonyl (C=O) groups is 1. The molecule has 0 bridgehead atoms. The minimum atomic E-state index is -0.0499. The predicted octanol–water partition coefficient (Wildman–Crippen LogP) is 2.00. The summed E-state index contributed by atoms with van der Waals surface area (Å²) in [6.07, 6.45) is 0.384. The molecule has 4 heteroatoms. The highest BCUT2D eigenvalue weighted by Gasteiger charge is 2.12. The first-order valence-electron chi connectivity index (χ1n) is 5.89.